The van der Waals surface area contributed by atoms with Crippen LogP contribution in [-0.4, -0.2) is 12.2 Å². The summed E-state index contributed by atoms with van der Waals surface area (Å²) in [5, 5.41) is 10.6. The van der Waals surface area contributed by atoms with Crippen LogP contribution >= 0.6 is 0 Å². The number of anilines is 1. The van der Waals surface area contributed by atoms with Crippen molar-refractivity contribution in [1.29, 1.82) is 0 Å². The first-order valence-electron chi connectivity index (χ1n) is 8.17. The third-order valence-corrected chi connectivity index (χ3v) is 4.36. The summed E-state index contributed by atoms with van der Waals surface area (Å²) in [7, 11) is 1.66. The molecule has 0 aliphatic carbocycles. The Kier molecular flexibility index (Phi) is 4.56. The maximum absolute atomic E-state index is 10.6. The van der Waals surface area contributed by atoms with Gasteiger partial charge in [-0.2, -0.15) is 0 Å². The van der Waals surface area contributed by atoms with E-state index in [4.69, 9.17) is 4.74 Å². The summed E-state index contributed by atoms with van der Waals surface area (Å²) in [6.45, 7) is 2.17. The van der Waals surface area contributed by atoms with Crippen LogP contribution in [0.4, 0.5) is 5.69 Å². The van der Waals surface area contributed by atoms with E-state index in [0.29, 0.717) is 5.88 Å². The van der Waals surface area contributed by atoms with Gasteiger partial charge in [0.05, 0.1) is 18.8 Å². The fraction of sp³-hybridized carbons (Fsp3) is 0.300. The molecule has 3 heteroatoms. The van der Waals surface area contributed by atoms with Crippen molar-refractivity contribution in [2.24, 2.45) is 0 Å². The number of hydrogen-bond donors (Lipinski definition) is 1. The van der Waals surface area contributed by atoms with Gasteiger partial charge in [-0.15, -0.1) is 0 Å². The van der Waals surface area contributed by atoms with Gasteiger partial charge in [0.1, 0.15) is 5.75 Å². The van der Waals surface area contributed by atoms with Crippen molar-refractivity contribution in [2.75, 3.05) is 12.0 Å². The van der Waals surface area contributed by atoms with E-state index in [9.17, 15) is 5.11 Å². The van der Waals surface area contributed by atoms with Crippen LogP contribution in [0.15, 0.2) is 66.1 Å². The monoisotopic (exact) mass is 309 g/mol. The molecule has 1 aliphatic heterocycles. The van der Waals surface area contributed by atoms with E-state index in [-0.39, 0.29) is 6.04 Å². The molecule has 120 valence electrons. The number of ether oxygens (including phenoxy) is 1. The highest BCUT2D eigenvalue weighted by Crippen LogP contribution is 2.49. The average molecular weight is 309 g/mol. The van der Waals surface area contributed by atoms with Gasteiger partial charge >= 0.3 is 0 Å². The molecule has 1 atom stereocenters. The molecule has 3 nitrogen and oxygen atoms in total. The lowest BCUT2D eigenvalue weighted by Crippen LogP contribution is -2.40. The van der Waals surface area contributed by atoms with Crippen molar-refractivity contribution in [1.82, 2.24) is 0 Å². The van der Waals surface area contributed by atoms with Gasteiger partial charge in [0.25, 0.3) is 0 Å². The number of benzene rings is 2. The van der Waals surface area contributed by atoms with E-state index in [1.165, 1.54) is 5.56 Å². The number of rotatable bonds is 6. The Labute approximate surface area is 137 Å². The Morgan fingerprint density at radius 1 is 1.04 bits per heavy atom. The molecule has 0 saturated heterocycles. The number of para-hydroxylation sites is 2. The van der Waals surface area contributed by atoms with Crippen molar-refractivity contribution in [3.8, 4) is 5.75 Å². The van der Waals surface area contributed by atoms with Gasteiger partial charge in [0, 0.05) is 5.57 Å². The molecule has 1 heterocycles. The summed E-state index contributed by atoms with van der Waals surface area (Å²) >= 11 is 0. The summed E-state index contributed by atoms with van der Waals surface area (Å²) < 4.78 is 5.48. The Morgan fingerprint density at radius 2 is 1.74 bits per heavy atom. The van der Waals surface area contributed by atoms with Crippen molar-refractivity contribution >= 4 is 5.69 Å². The molecule has 1 aliphatic rings. The zero-order valence-corrected chi connectivity index (χ0v) is 13.7. The SMILES string of the molecule is CCCCC1=C(O)N(c2ccccc2OC)C1c1ccccc1. The molecule has 0 amide bonds. The lowest BCUT2D eigenvalue weighted by atomic mass is 9.87. The van der Waals surface area contributed by atoms with Gasteiger partial charge < -0.3 is 9.84 Å². The number of nitrogens with zero attached hydrogens (tertiary/aromatic N) is 1. The number of aliphatic hydroxyl groups is 1. The van der Waals surface area contributed by atoms with Crippen molar-refractivity contribution in [3.05, 3.63) is 71.6 Å². The molecule has 3 rings (SSSR count). The molecule has 0 bridgehead atoms. The zero-order chi connectivity index (χ0) is 16.2. The lowest BCUT2D eigenvalue weighted by Gasteiger charge is -2.44. The Bertz CT molecular complexity index is 694. The first-order chi connectivity index (χ1) is 11.3. The Hall–Kier alpha value is -2.42. The summed E-state index contributed by atoms with van der Waals surface area (Å²) in [4.78, 5) is 1.97. The second kappa shape index (κ2) is 6.78. The number of aliphatic hydroxyl groups excluding tert-OH is 1. The summed E-state index contributed by atoms with van der Waals surface area (Å²) in [6.07, 6.45) is 3.13. The largest absolute Gasteiger partial charge is 0.495 e. The van der Waals surface area contributed by atoms with Gasteiger partial charge in [-0.1, -0.05) is 55.8 Å². The first kappa shape index (κ1) is 15.5. The topological polar surface area (TPSA) is 32.7 Å². The van der Waals surface area contributed by atoms with Gasteiger partial charge in [-0.25, -0.2) is 0 Å². The maximum atomic E-state index is 10.6. The van der Waals surface area contributed by atoms with Gasteiger partial charge in [-0.3, -0.25) is 4.90 Å². The average Bonchev–Trinajstić information content (AvgIpc) is 2.60. The minimum atomic E-state index is 0.0825. The van der Waals surface area contributed by atoms with Crippen LogP contribution in [-0.2, 0) is 0 Å². The van der Waals surface area contributed by atoms with Crippen LogP contribution in [0.1, 0.15) is 37.8 Å². The number of methoxy groups -OCH3 is 1. The molecule has 0 spiro atoms. The minimum absolute atomic E-state index is 0.0825. The van der Waals surface area contributed by atoms with E-state index < -0.39 is 0 Å². The fourth-order valence-corrected chi connectivity index (χ4v) is 3.17. The maximum Gasteiger partial charge on any atom is 0.193 e. The van der Waals surface area contributed by atoms with Crippen LogP contribution in [0.3, 0.4) is 0 Å². The molecule has 0 fully saturated rings. The summed E-state index contributed by atoms with van der Waals surface area (Å²) in [5.74, 6) is 1.14. The van der Waals surface area contributed by atoms with Crippen molar-refractivity contribution < 1.29 is 9.84 Å². The second-order valence-electron chi connectivity index (χ2n) is 5.81. The van der Waals surface area contributed by atoms with E-state index in [0.717, 1.165) is 36.3 Å². The van der Waals surface area contributed by atoms with Crippen LogP contribution in [0.2, 0.25) is 0 Å². The molecule has 1 N–H and O–H groups in total. The highest BCUT2D eigenvalue weighted by atomic mass is 16.5. The fourth-order valence-electron chi connectivity index (χ4n) is 3.17. The molecular weight excluding hydrogens is 286 g/mol. The molecule has 2 aromatic rings. The van der Waals surface area contributed by atoms with E-state index >= 15 is 0 Å². The summed E-state index contributed by atoms with van der Waals surface area (Å²) in [6, 6.07) is 18.2. The molecule has 0 aromatic heterocycles. The minimum Gasteiger partial charge on any atom is -0.495 e. The predicted octanol–water partition coefficient (Wildman–Crippen LogP) is 5.22. The third-order valence-electron chi connectivity index (χ3n) is 4.36. The summed E-state index contributed by atoms with van der Waals surface area (Å²) in [5.41, 5.74) is 3.22. The molecule has 0 radical (unpaired) electrons. The Balaban J connectivity index is 2.02. The molecule has 0 saturated carbocycles. The van der Waals surface area contributed by atoms with Crippen molar-refractivity contribution in [2.45, 2.75) is 32.2 Å². The Morgan fingerprint density at radius 3 is 2.43 bits per heavy atom. The predicted molar refractivity (Wildman–Crippen MR) is 93.8 cm³/mol. The van der Waals surface area contributed by atoms with Crippen molar-refractivity contribution in [3.63, 3.8) is 0 Å². The first-order valence-corrected chi connectivity index (χ1v) is 8.17. The highest BCUT2D eigenvalue weighted by Gasteiger charge is 2.40. The van der Waals surface area contributed by atoms with E-state index in [1.54, 1.807) is 7.11 Å². The number of unbranched alkanes of at least 4 members (excludes halogenated alkanes) is 1. The van der Waals surface area contributed by atoms with Crippen LogP contribution in [0.25, 0.3) is 0 Å². The molecular formula is C20H23NO2. The zero-order valence-electron chi connectivity index (χ0n) is 13.7. The van der Waals surface area contributed by atoms with E-state index in [1.807, 2.05) is 47.4 Å². The standard InChI is InChI=1S/C20H23NO2/c1-3-4-12-16-19(15-10-6-5-7-11-15)21(20(16)22)17-13-8-9-14-18(17)23-2/h5-11,13-14,19,22H,3-4,12H2,1-2H3. The highest BCUT2D eigenvalue weighted by molar-refractivity contribution is 5.68. The second-order valence-corrected chi connectivity index (χ2v) is 5.81. The van der Waals surface area contributed by atoms with Crippen LogP contribution in [0, 0.1) is 0 Å². The smallest absolute Gasteiger partial charge is 0.193 e. The lowest BCUT2D eigenvalue weighted by molar-refractivity contribution is 0.323. The number of hydrogen-bond acceptors (Lipinski definition) is 3. The molecule has 23 heavy (non-hydrogen) atoms. The third kappa shape index (κ3) is 2.79. The van der Waals surface area contributed by atoms with Gasteiger partial charge in [-0.05, 0) is 30.5 Å². The van der Waals surface area contributed by atoms with Gasteiger partial charge in [0.2, 0.25) is 0 Å². The quantitative estimate of drug-likeness (QED) is 0.794. The molecule has 2 aromatic carbocycles. The normalized spacial score (nSPS) is 17.1. The van der Waals surface area contributed by atoms with E-state index in [2.05, 4.69) is 19.1 Å². The molecule has 1 unspecified atom stereocenters. The van der Waals surface area contributed by atoms with Crippen LogP contribution < -0.4 is 9.64 Å². The van der Waals surface area contributed by atoms with Crippen LogP contribution in [0.5, 0.6) is 5.75 Å². The van der Waals surface area contributed by atoms with Gasteiger partial charge in [0.15, 0.2) is 5.88 Å².